The molecule has 3 rings (SSSR count). The molecule has 1 aromatic carbocycles. The Morgan fingerprint density at radius 2 is 2.08 bits per heavy atom. The highest BCUT2D eigenvalue weighted by Gasteiger charge is 2.08. The van der Waals surface area contributed by atoms with Crippen molar-refractivity contribution in [1.82, 2.24) is 14.5 Å². The lowest BCUT2D eigenvalue weighted by Crippen LogP contribution is -2.23. The third-order valence-electron chi connectivity index (χ3n) is 3.54. The molecule has 2 aromatic heterocycles. The molecule has 7 heteroatoms. The highest BCUT2D eigenvalue weighted by Crippen LogP contribution is 2.14. The topological polar surface area (TPSA) is 76.9 Å². The molecule has 0 bridgehead atoms. The molecule has 0 saturated heterocycles. The molecule has 0 saturated carbocycles. The van der Waals surface area contributed by atoms with Crippen molar-refractivity contribution in [1.29, 1.82) is 0 Å². The number of benzene rings is 1. The summed E-state index contributed by atoms with van der Waals surface area (Å²) < 4.78 is 2.26. The number of fused-ring (bicyclic) bond motifs is 1. The predicted molar refractivity (Wildman–Crippen MR) is 95.9 cm³/mol. The first kappa shape index (κ1) is 16.3. The zero-order valence-electron chi connectivity index (χ0n) is 13.0. The first-order valence-corrected chi connectivity index (χ1v) is 8.19. The first-order valence-electron chi connectivity index (χ1n) is 7.40. The number of hydrogen-bond acceptors (Lipinski definition) is 4. The zero-order valence-corrected chi connectivity index (χ0v) is 14.6. The molecular weight excluding hydrogens is 372 g/mol. The summed E-state index contributed by atoms with van der Waals surface area (Å²) in [6.45, 7) is 2.18. The lowest BCUT2D eigenvalue weighted by Gasteiger charge is -2.07. The second-order valence-corrected chi connectivity index (χ2v) is 6.34. The number of nitrogens with one attached hydrogen (secondary N) is 1. The van der Waals surface area contributed by atoms with E-state index in [-0.39, 0.29) is 24.4 Å². The Hall–Kier alpha value is -2.54. The standard InChI is InChI=1S/C17H15BrN4O2/c1-11-2-5-15(19-9-11)21-16(23)6-7-22-10-20-14-4-3-12(18)8-13(14)17(22)24/h2-5,8-10H,6-7H2,1H3,(H,19,21,23). The Balaban J connectivity index is 1.71. The number of amides is 1. The fraction of sp³-hybridized carbons (Fsp3) is 0.176. The number of aromatic nitrogens is 3. The predicted octanol–water partition coefficient (Wildman–Crippen LogP) is 2.89. The van der Waals surface area contributed by atoms with Gasteiger partial charge >= 0.3 is 0 Å². The molecule has 0 spiro atoms. The maximum absolute atomic E-state index is 12.4. The average Bonchev–Trinajstić information content (AvgIpc) is 2.57. The second kappa shape index (κ2) is 6.92. The second-order valence-electron chi connectivity index (χ2n) is 5.42. The third-order valence-corrected chi connectivity index (χ3v) is 4.04. The third kappa shape index (κ3) is 3.68. The van der Waals surface area contributed by atoms with E-state index in [0.29, 0.717) is 16.7 Å². The minimum absolute atomic E-state index is 0.163. The summed E-state index contributed by atoms with van der Waals surface area (Å²) in [5, 5.41) is 3.23. The van der Waals surface area contributed by atoms with E-state index in [0.717, 1.165) is 10.0 Å². The molecule has 24 heavy (non-hydrogen) atoms. The maximum atomic E-state index is 12.4. The Bertz CT molecular complexity index is 951. The number of halogens is 1. The normalized spacial score (nSPS) is 10.8. The summed E-state index contributed by atoms with van der Waals surface area (Å²) >= 11 is 3.35. The number of hydrogen-bond donors (Lipinski definition) is 1. The van der Waals surface area contributed by atoms with E-state index in [1.807, 2.05) is 19.1 Å². The minimum Gasteiger partial charge on any atom is -0.311 e. The molecule has 0 radical (unpaired) electrons. The van der Waals surface area contributed by atoms with E-state index in [1.54, 1.807) is 24.4 Å². The lowest BCUT2D eigenvalue weighted by molar-refractivity contribution is -0.116. The van der Waals surface area contributed by atoms with Crippen LogP contribution in [0.2, 0.25) is 0 Å². The SMILES string of the molecule is Cc1ccc(NC(=O)CCn2cnc3ccc(Br)cc3c2=O)nc1. The van der Waals surface area contributed by atoms with Crippen LogP contribution < -0.4 is 10.9 Å². The van der Waals surface area contributed by atoms with Crippen LogP contribution >= 0.6 is 15.9 Å². The van der Waals surface area contributed by atoms with Gasteiger partial charge in [-0.05, 0) is 36.8 Å². The van der Waals surface area contributed by atoms with Gasteiger partial charge in [-0.15, -0.1) is 0 Å². The fourth-order valence-corrected chi connectivity index (χ4v) is 2.62. The van der Waals surface area contributed by atoms with E-state index in [1.165, 1.54) is 10.9 Å². The zero-order chi connectivity index (χ0) is 17.1. The number of carbonyl (C=O) groups is 1. The van der Waals surface area contributed by atoms with Crippen LogP contribution in [0, 0.1) is 6.92 Å². The Morgan fingerprint density at radius 3 is 2.83 bits per heavy atom. The molecule has 1 N–H and O–H groups in total. The maximum Gasteiger partial charge on any atom is 0.261 e. The molecule has 0 aliphatic rings. The van der Waals surface area contributed by atoms with Crippen LogP contribution in [0.3, 0.4) is 0 Å². The molecule has 0 fully saturated rings. The fourth-order valence-electron chi connectivity index (χ4n) is 2.26. The summed E-state index contributed by atoms with van der Waals surface area (Å²) in [7, 11) is 0. The molecule has 2 heterocycles. The van der Waals surface area contributed by atoms with Crippen molar-refractivity contribution in [2.24, 2.45) is 0 Å². The van der Waals surface area contributed by atoms with Gasteiger partial charge in [0.1, 0.15) is 5.82 Å². The molecule has 1 amide bonds. The average molecular weight is 387 g/mol. The summed E-state index contributed by atoms with van der Waals surface area (Å²) in [5.41, 5.74) is 1.49. The van der Waals surface area contributed by atoms with Gasteiger partial charge in [0.2, 0.25) is 5.91 Å². The molecule has 0 unspecified atom stereocenters. The van der Waals surface area contributed by atoms with Crippen LogP contribution in [-0.4, -0.2) is 20.4 Å². The van der Waals surface area contributed by atoms with Gasteiger partial charge in [0.05, 0.1) is 17.2 Å². The number of anilines is 1. The van der Waals surface area contributed by atoms with Gasteiger partial charge in [0, 0.05) is 23.6 Å². The monoisotopic (exact) mass is 386 g/mol. The van der Waals surface area contributed by atoms with Crippen molar-refractivity contribution in [3.05, 3.63) is 63.2 Å². The van der Waals surface area contributed by atoms with Crippen LogP contribution in [-0.2, 0) is 11.3 Å². The van der Waals surface area contributed by atoms with E-state index < -0.39 is 0 Å². The highest BCUT2D eigenvalue weighted by molar-refractivity contribution is 9.10. The van der Waals surface area contributed by atoms with Crippen molar-refractivity contribution < 1.29 is 4.79 Å². The summed E-state index contributed by atoms with van der Waals surface area (Å²) in [5.74, 6) is 0.297. The number of carbonyl (C=O) groups excluding carboxylic acids is 1. The van der Waals surface area contributed by atoms with Crippen molar-refractivity contribution in [2.75, 3.05) is 5.32 Å². The van der Waals surface area contributed by atoms with Gasteiger partial charge in [-0.1, -0.05) is 22.0 Å². The summed E-state index contributed by atoms with van der Waals surface area (Å²) in [4.78, 5) is 32.8. The minimum atomic E-state index is -0.201. The van der Waals surface area contributed by atoms with E-state index in [9.17, 15) is 9.59 Å². The van der Waals surface area contributed by atoms with Gasteiger partial charge in [0.15, 0.2) is 0 Å². The largest absolute Gasteiger partial charge is 0.311 e. The van der Waals surface area contributed by atoms with Crippen LogP contribution in [0.25, 0.3) is 10.9 Å². The number of aryl methyl sites for hydroxylation is 2. The van der Waals surface area contributed by atoms with Gasteiger partial charge in [0.25, 0.3) is 5.56 Å². The van der Waals surface area contributed by atoms with Crippen LogP contribution in [0.4, 0.5) is 5.82 Å². The van der Waals surface area contributed by atoms with Crippen LogP contribution in [0.15, 0.2) is 52.1 Å². The lowest BCUT2D eigenvalue weighted by atomic mass is 10.2. The molecule has 0 aliphatic heterocycles. The van der Waals surface area contributed by atoms with Gasteiger partial charge in [-0.3, -0.25) is 14.2 Å². The molecule has 6 nitrogen and oxygen atoms in total. The highest BCUT2D eigenvalue weighted by atomic mass is 79.9. The van der Waals surface area contributed by atoms with Crippen molar-refractivity contribution in [3.63, 3.8) is 0 Å². The molecular formula is C17H15BrN4O2. The number of nitrogens with zero attached hydrogens (tertiary/aromatic N) is 3. The van der Waals surface area contributed by atoms with Gasteiger partial charge in [-0.25, -0.2) is 9.97 Å². The van der Waals surface area contributed by atoms with Crippen molar-refractivity contribution in [2.45, 2.75) is 19.9 Å². The molecule has 0 aliphatic carbocycles. The molecule has 122 valence electrons. The smallest absolute Gasteiger partial charge is 0.261 e. The summed E-state index contributed by atoms with van der Waals surface area (Å²) in [6.07, 6.45) is 3.32. The molecule has 0 atom stereocenters. The van der Waals surface area contributed by atoms with Gasteiger partial charge < -0.3 is 5.32 Å². The number of pyridine rings is 1. The first-order chi connectivity index (χ1) is 11.5. The van der Waals surface area contributed by atoms with Crippen molar-refractivity contribution >= 4 is 38.6 Å². The van der Waals surface area contributed by atoms with Crippen LogP contribution in [0.5, 0.6) is 0 Å². The van der Waals surface area contributed by atoms with E-state index >= 15 is 0 Å². The quantitative estimate of drug-likeness (QED) is 0.747. The Morgan fingerprint density at radius 1 is 1.25 bits per heavy atom. The molecule has 3 aromatic rings. The Kier molecular flexibility index (Phi) is 4.71. The van der Waals surface area contributed by atoms with E-state index in [4.69, 9.17) is 0 Å². The van der Waals surface area contributed by atoms with Crippen LogP contribution in [0.1, 0.15) is 12.0 Å². The van der Waals surface area contributed by atoms with E-state index in [2.05, 4.69) is 31.2 Å². The Labute approximate surface area is 146 Å². The van der Waals surface area contributed by atoms with Crippen molar-refractivity contribution in [3.8, 4) is 0 Å². The number of rotatable bonds is 4. The summed E-state index contributed by atoms with van der Waals surface area (Å²) in [6, 6.07) is 8.96. The van der Waals surface area contributed by atoms with Gasteiger partial charge in [-0.2, -0.15) is 0 Å².